The molecule has 0 atom stereocenters. The van der Waals surface area contributed by atoms with E-state index in [1.807, 2.05) is 0 Å². The third-order valence-electron chi connectivity index (χ3n) is 1.81. The molecule has 15 heavy (non-hydrogen) atoms. The van der Waals surface area contributed by atoms with Crippen LogP contribution in [0.4, 0.5) is 10.1 Å². The first-order chi connectivity index (χ1) is 7.15. The molecule has 0 bridgehead atoms. The second kappa shape index (κ2) is 4.24. The lowest BCUT2D eigenvalue weighted by Gasteiger charge is -2.05. The molecule has 0 radical (unpaired) electrons. The Labute approximate surface area is 96.2 Å². The first-order valence-corrected chi connectivity index (χ1v) is 5.47. The van der Waals surface area contributed by atoms with Gasteiger partial charge >= 0.3 is 0 Å². The lowest BCUT2D eigenvalue weighted by molar-refractivity contribution is 0.628. The van der Waals surface area contributed by atoms with Gasteiger partial charge in [-0.1, -0.05) is 29.9 Å². The van der Waals surface area contributed by atoms with Crippen LogP contribution in [0.25, 0.3) is 0 Å². The van der Waals surface area contributed by atoms with Gasteiger partial charge in [-0.05, 0) is 18.2 Å². The fraction of sp³-hybridized carbons (Fsp3) is 0.100. The molecular formula is C10H8ClFN2S. The molecule has 1 aliphatic rings. The van der Waals surface area contributed by atoms with Crippen molar-refractivity contribution in [1.82, 2.24) is 0 Å². The van der Waals surface area contributed by atoms with Crippen LogP contribution in [-0.2, 0) is 0 Å². The van der Waals surface area contributed by atoms with Crippen LogP contribution in [0.2, 0.25) is 5.02 Å². The minimum absolute atomic E-state index is 0.0995. The van der Waals surface area contributed by atoms with E-state index in [2.05, 4.69) is 16.9 Å². The number of benzene rings is 1. The molecule has 0 aromatic heterocycles. The highest BCUT2D eigenvalue weighted by atomic mass is 35.5. The van der Waals surface area contributed by atoms with E-state index in [-0.39, 0.29) is 5.02 Å². The molecule has 0 spiro atoms. The zero-order chi connectivity index (χ0) is 10.8. The number of thioether (sulfide) groups is 1. The SMILES string of the molecule is C=C1CN=C(Nc2ccc(F)c(Cl)c2)S1. The Morgan fingerprint density at radius 1 is 1.53 bits per heavy atom. The highest BCUT2D eigenvalue weighted by Crippen LogP contribution is 2.25. The molecular weight excluding hydrogens is 235 g/mol. The lowest BCUT2D eigenvalue weighted by atomic mass is 10.3. The average Bonchev–Trinajstić information content (AvgIpc) is 2.58. The molecule has 1 heterocycles. The molecule has 0 fully saturated rings. The quantitative estimate of drug-likeness (QED) is 0.815. The van der Waals surface area contributed by atoms with Crippen molar-refractivity contribution in [3.05, 3.63) is 40.5 Å². The van der Waals surface area contributed by atoms with Crippen LogP contribution in [0.5, 0.6) is 0 Å². The van der Waals surface area contributed by atoms with Crippen LogP contribution < -0.4 is 5.32 Å². The van der Waals surface area contributed by atoms with E-state index < -0.39 is 5.82 Å². The summed E-state index contributed by atoms with van der Waals surface area (Å²) in [5, 5.41) is 3.91. The normalized spacial score (nSPS) is 15.3. The number of amidine groups is 1. The molecule has 78 valence electrons. The van der Waals surface area contributed by atoms with Gasteiger partial charge in [0.2, 0.25) is 0 Å². The second-order valence-electron chi connectivity index (χ2n) is 3.02. The summed E-state index contributed by atoms with van der Waals surface area (Å²) in [5.41, 5.74) is 0.724. The van der Waals surface area contributed by atoms with E-state index in [4.69, 9.17) is 11.6 Å². The van der Waals surface area contributed by atoms with Crippen molar-refractivity contribution in [1.29, 1.82) is 0 Å². The van der Waals surface area contributed by atoms with Gasteiger partial charge in [-0.2, -0.15) is 0 Å². The number of nitrogens with one attached hydrogen (secondary N) is 1. The third kappa shape index (κ3) is 2.52. The summed E-state index contributed by atoms with van der Waals surface area (Å²) in [6.07, 6.45) is 0. The zero-order valence-corrected chi connectivity index (χ0v) is 9.33. The summed E-state index contributed by atoms with van der Waals surface area (Å²) in [4.78, 5) is 5.19. The van der Waals surface area contributed by atoms with Crippen LogP contribution in [0.15, 0.2) is 34.7 Å². The Balaban J connectivity index is 2.11. The van der Waals surface area contributed by atoms with Gasteiger partial charge in [0.15, 0.2) is 5.17 Å². The summed E-state index contributed by atoms with van der Waals surface area (Å²) < 4.78 is 12.9. The van der Waals surface area contributed by atoms with Gasteiger partial charge in [-0.3, -0.25) is 4.99 Å². The first kappa shape index (κ1) is 10.5. The third-order valence-corrected chi connectivity index (χ3v) is 2.94. The molecule has 0 amide bonds. The Bertz CT molecular complexity index is 445. The van der Waals surface area contributed by atoms with Crippen molar-refractivity contribution in [2.24, 2.45) is 4.99 Å². The molecule has 0 aliphatic carbocycles. The maximum atomic E-state index is 12.9. The van der Waals surface area contributed by atoms with Crippen molar-refractivity contribution in [2.45, 2.75) is 0 Å². The molecule has 5 heteroatoms. The van der Waals surface area contributed by atoms with E-state index in [1.165, 1.54) is 23.9 Å². The predicted octanol–water partition coefficient (Wildman–Crippen LogP) is 3.51. The monoisotopic (exact) mass is 242 g/mol. The van der Waals surface area contributed by atoms with Crippen molar-refractivity contribution in [3.8, 4) is 0 Å². The molecule has 1 aromatic carbocycles. The topological polar surface area (TPSA) is 24.4 Å². The molecule has 2 rings (SSSR count). The van der Waals surface area contributed by atoms with Gasteiger partial charge in [0.25, 0.3) is 0 Å². The number of aliphatic imine (C=N–C) groups is 1. The van der Waals surface area contributed by atoms with Crippen LogP contribution in [0.1, 0.15) is 0 Å². The van der Waals surface area contributed by atoms with Crippen molar-refractivity contribution in [3.63, 3.8) is 0 Å². The highest BCUT2D eigenvalue weighted by Gasteiger charge is 2.11. The van der Waals surface area contributed by atoms with Crippen LogP contribution >= 0.6 is 23.4 Å². The van der Waals surface area contributed by atoms with Gasteiger partial charge in [0, 0.05) is 10.6 Å². The fourth-order valence-electron chi connectivity index (χ4n) is 1.12. The summed E-state index contributed by atoms with van der Waals surface area (Å²) in [6, 6.07) is 4.46. The Hall–Kier alpha value is -1.00. The maximum absolute atomic E-state index is 12.9. The minimum Gasteiger partial charge on any atom is -0.335 e. The first-order valence-electron chi connectivity index (χ1n) is 4.27. The molecule has 2 nitrogen and oxygen atoms in total. The molecule has 0 saturated carbocycles. The van der Waals surface area contributed by atoms with Crippen molar-refractivity contribution < 1.29 is 4.39 Å². The molecule has 1 N–H and O–H groups in total. The number of nitrogens with zero attached hydrogens (tertiary/aromatic N) is 1. The number of halogens is 2. The maximum Gasteiger partial charge on any atom is 0.166 e. The van der Waals surface area contributed by atoms with Gasteiger partial charge in [-0.25, -0.2) is 4.39 Å². The van der Waals surface area contributed by atoms with E-state index in [9.17, 15) is 4.39 Å². The largest absolute Gasteiger partial charge is 0.335 e. The minimum atomic E-state index is -0.423. The van der Waals surface area contributed by atoms with E-state index in [0.29, 0.717) is 6.54 Å². The van der Waals surface area contributed by atoms with Crippen molar-refractivity contribution >= 4 is 34.2 Å². The predicted molar refractivity (Wildman–Crippen MR) is 64.1 cm³/mol. The van der Waals surface area contributed by atoms with Gasteiger partial charge in [-0.15, -0.1) is 0 Å². The fourth-order valence-corrected chi connectivity index (χ4v) is 2.00. The highest BCUT2D eigenvalue weighted by molar-refractivity contribution is 8.17. The standard InChI is InChI=1S/C10H8ClFN2S/c1-6-5-13-10(15-6)14-7-2-3-9(12)8(11)4-7/h2-4H,1,5H2,(H,13,14). The molecule has 1 aliphatic heterocycles. The van der Waals surface area contributed by atoms with Gasteiger partial charge < -0.3 is 5.32 Å². The summed E-state index contributed by atoms with van der Waals surface area (Å²) in [6.45, 7) is 4.43. The van der Waals surface area contributed by atoms with Gasteiger partial charge in [0.05, 0.1) is 11.6 Å². The Kier molecular flexibility index (Phi) is 2.98. The Morgan fingerprint density at radius 3 is 2.93 bits per heavy atom. The summed E-state index contributed by atoms with van der Waals surface area (Å²) >= 11 is 7.13. The van der Waals surface area contributed by atoms with Crippen LogP contribution in [0.3, 0.4) is 0 Å². The number of anilines is 1. The van der Waals surface area contributed by atoms with Crippen LogP contribution in [-0.4, -0.2) is 11.7 Å². The average molecular weight is 243 g/mol. The number of hydrogen-bond acceptors (Lipinski definition) is 3. The van der Waals surface area contributed by atoms with E-state index >= 15 is 0 Å². The zero-order valence-electron chi connectivity index (χ0n) is 7.76. The molecule has 0 saturated heterocycles. The summed E-state index contributed by atoms with van der Waals surface area (Å²) in [5.74, 6) is -0.423. The second-order valence-corrected chi connectivity index (χ2v) is 4.59. The van der Waals surface area contributed by atoms with E-state index in [0.717, 1.165) is 15.8 Å². The smallest absolute Gasteiger partial charge is 0.166 e. The van der Waals surface area contributed by atoms with Gasteiger partial charge in [0.1, 0.15) is 5.82 Å². The lowest BCUT2D eigenvalue weighted by Crippen LogP contribution is -2.04. The molecule has 1 aromatic rings. The van der Waals surface area contributed by atoms with Crippen LogP contribution in [0, 0.1) is 5.82 Å². The molecule has 0 unspecified atom stereocenters. The summed E-state index contributed by atoms with van der Waals surface area (Å²) in [7, 11) is 0. The Morgan fingerprint density at radius 2 is 2.33 bits per heavy atom. The number of rotatable bonds is 1. The van der Waals surface area contributed by atoms with E-state index in [1.54, 1.807) is 6.07 Å². The number of hydrogen-bond donors (Lipinski definition) is 1. The van der Waals surface area contributed by atoms with Crippen molar-refractivity contribution in [2.75, 3.05) is 11.9 Å².